The number of ether oxygens (including phenoxy) is 1. The van der Waals surface area contributed by atoms with Gasteiger partial charge in [0.25, 0.3) is 0 Å². The molecule has 0 saturated carbocycles. The number of nitrogens with two attached hydrogens (primary N) is 1. The Hall–Kier alpha value is -0.120. The van der Waals surface area contributed by atoms with E-state index in [0.29, 0.717) is 12.0 Å². The normalized spacial score (nSPS) is 27.0. The molecule has 1 heterocycles. The third-order valence-electron chi connectivity index (χ3n) is 3.76. The zero-order valence-electron chi connectivity index (χ0n) is 11.3. The maximum atomic E-state index is 5.99. The summed E-state index contributed by atoms with van der Waals surface area (Å²) in [5.41, 5.74) is 6.13. The molecule has 3 heteroatoms. The highest BCUT2D eigenvalue weighted by atomic mass is 16.5. The predicted molar refractivity (Wildman–Crippen MR) is 68.5 cm³/mol. The minimum absolute atomic E-state index is 0.144. The Bertz CT molecular complexity index is 208. The lowest BCUT2D eigenvalue weighted by molar-refractivity contribution is -0.0177. The Balaban J connectivity index is 2.63. The smallest absolute Gasteiger partial charge is 0.0698 e. The molecule has 3 nitrogen and oxygen atoms in total. The van der Waals surface area contributed by atoms with E-state index in [9.17, 15) is 0 Å². The second-order valence-corrected chi connectivity index (χ2v) is 5.74. The van der Waals surface area contributed by atoms with E-state index in [2.05, 4.69) is 25.7 Å². The molecule has 0 aromatic carbocycles. The molecule has 1 aliphatic rings. The van der Waals surface area contributed by atoms with Gasteiger partial charge in [-0.2, -0.15) is 0 Å². The standard InChI is InChI=1S/C13H28N2O/c1-11(2)8-13(3,10-14)15-7-5-6-12(9-15)16-4/h11-12H,5-10,14H2,1-4H3. The van der Waals surface area contributed by atoms with Crippen molar-refractivity contribution >= 4 is 0 Å². The summed E-state index contributed by atoms with van der Waals surface area (Å²) < 4.78 is 5.48. The fourth-order valence-corrected chi connectivity index (χ4v) is 2.84. The second-order valence-electron chi connectivity index (χ2n) is 5.74. The Morgan fingerprint density at radius 1 is 1.50 bits per heavy atom. The minimum atomic E-state index is 0.144. The average molecular weight is 228 g/mol. The first-order chi connectivity index (χ1) is 7.51. The fraction of sp³-hybridized carbons (Fsp3) is 1.00. The number of piperidine rings is 1. The topological polar surface area (TPSA) is 38.5 Å². The summed E-state index contributed by atoms with van der Waals surface area (Å²) in [6.45, 7) is 9.78. The molecule has 2 unspecified atom stereocenters. The first-order valence-corrected chi connectivity index (χ1v) is 6.49. The molecule has 0 amide bonds. The summed E-state index contributed by atoms with van der Waals surface area (Å²) in [7, 11) is 1.82. The molecule has 0 radical (unpaired) electrons. The molecule has 0 spiro atoms. The van der Waals surface area contributed by atoms with Crippen molar-refractivity contribution < 1.29 is 4.74 Å². The monoisotopic (exact) mass is 228 g/mol. The minimum Gasteiger partial charge on any atom is -0.380 e. The van der Waals surface area contributed by atoms with Crippen LogP contribution in [0.1, 0.15) is 40.0 Å². The van der Waals surface area contributed by atoms with Crippen molar-refractivity contribution in [3.63, 3.8) is 0 Å². The summed E-state index contributed by atoms with van der Waals surface area (Å²) in [4.78, 5) is 2.53. The SMILES string of the molecule is COC1CCCN(C(C)(CN)CC(C)C)C1. The van der Waals surface area contributed by atoms with Crippen LogP contribution in [0.3, 0.4) is 0 Å². The van der Waals surface area contributed by atoms with Crippen molar-refractivity contribution in [3.8, 4) is 0 Å². The van der Waals surface area contributed by atoms with Crippen molar-refractivity contribution in [2.24, 2.45) is 11.7 Å². The van der Waals surface area contributed by atoms with Crippen LogP contribution in [-0.2, 0) is 4.74 Å². The maximum Gasteiger partial charge on any atom is 0.0698 e. The number of hydrogen-bond acceptors (Lipinski definition) is 3. The van der Waals surface area contributed by atoms with Crippen LogP contribution in [0.5, 0.6) is 0 Å². The van der Waals surface area contributed by atoms with Crippen LogP contribution in [-0.4, -0.2) is 43.3 Å². The molecule has 0 bridgehead atoms. The van der Waals surface area contributed by atoms with Gasteiger partial charge in [-0.3, -0.25) is 4.90 Å². The van der Waals surface area contributed by atoms with Crippen LogP contribution < -0.4 is 5.73 Å². The van der Waals surface area contributed by atoms with Gasteiger partial charge in [0.1, 0.15) is 0 Å². The van der Waals surface area contributed by atoms with Crippen LogP contribution in [0.4, 0.5) is 0 Å². The molecule has 1 aliphatic heterocycles. The maximum absolute atomic E-state index is 5.99. The van der Waals surface area contributed by atoms with Crippen LogP contribution in [0.15, 0.2) is 0 Å². The van der Waals surface area contributed by atoms with Gasteiger partial charge in [0, 0.05) is 25.7 Å². The van der Waals surface area contributed by atoms with E-state index in [0.717, 1.165) is 13.1 Å². The zero-order valence-corrected chi connectivity index (χ0v) is 11.3. The molecule has 1 fully saturated rings. The molecule has 0 aromatic heterocycles. The number of likely N-dealkylation sites (tertiary alicyclic amines) is 1. The van der Waals surface area contributed by atoms with Gasteiger partial charge in [-0.25, -0.2) is 0 Å². The van der Waals surface area contributed by atoms with E-state index in [1.165, 1.54) is 25.8 Å². The van der Waals surface area contributed by atoms with Crippen LogP contribution >= 0.6 is 0 Å². The molecule has 96 valence electrons. The lowest BCUT2D eigenvalue weighted by Crippen LogP contribution is -2.56. The van der Waals surface area contributed by atoms with E-state index in [1.807, 2.05) is 7.11 Å². The second kappa shape index (κ2) is 5.99. The van der Waals surface area contributed by atoms with Gasteiger partial charge in [0.2, 0.25) is 0 Å². The largest absolute Gasteiger partial charge is 0.380 e. The Kier molecular flexibility index (Phi) is 5.22. The molecular formula is C13H28N2O. The zero-order chi connectivity index (χ0) is 12.2. The number of methoxy groups -OCH3 is 1. The fourth-order valence-electron chi connectivity index (χ4n) is 2.84. The Labute approximate surface area is 100 Å². The average Bonchev–Trinajstić information content (AvgIpc) is 2.28. The summed E-state index contributed by atoms with van der Waals surface area (Å²) in [5.74, 6) is 0.691. The van der Waals surface area contributed by atoms with Crippen molar-refractivity contribution in [1.29, 1.82) is 0 Å². The quantitative estimate of drug-likeness (QED) is 0.780. The highest BCUT2D eigenvalue weighted by molar-refractivity contribution is 4.91. The summed E-state index contributed by atoms with van der Waals surface area (Å²) in [6, 6.07) is 0. The molecule has 1 saturated heterocycles. The lowest BCUT2D eigenvalue weighted by Gasteiger charge is -2.45. The third-order valence-corrected chi connectivity index (χ3v) is 3.76. The summed E-state index contributed by atoms with van der Waals surface area (Å²) in [6.07, 6.45) is 3.98. The predicted octanol–water partition coefficient (Wildman–Crippen LogP) is 1.86. The van der Waals surface area contributed by atoms with Gasteiger partial charge in [0.05, 0.1) is 6.10 Å². The van der Waals surface area contributed by atoms with Gasteiger partial charge in [-0.05, 0) is 38.6 Å². The van der Waals surface area contributed by atoms with Gasteiger partial charge in [-0.1, -0.05) is 13.8 Å². The highest BCUT2D eigenvalue weighted by Crippen LogP contribution is 2.27. The summed E-state index contributed by atoms with van der Waals surface area (Å²) in [5, 5.41) is 0. The number of rotatable bonds is 5. The number of nitrogens with zero attached hydrogens (tertiary/aromatic N) is 1. The third kappa shape index (κ3) is 3.44. The van der Waals surface area contributed by atoms with E-state index < -0.39 is 0 Å². The van der Waals surface area contributed by atoms with E-state index >= 15 is 0 Å². The van der Waals surface area contributed by atoms with Crippen molar-refractivity contribution in [1.82, 2.24) is 4.90 Å². The molecule has 0 aliphatic carbocycles. The van der Waals surface area contributed by atoms with Gasteiger partial charge in [0.15, 0.2) is 0 Å². The van der Waals surface area contributed by atoms with Crippen molar-refractivity contribution in [3.05, 3.63) is 0 Å². The van der Waals surface area contributed by atoms with Crippen LogP contribution in [0.25, 0.3) is 0 Å². The molecule has 1 rings (SSSR count). The molecular weight excluding hydrogens is 200 g/mol. The van der Waals surface area contributed by atoms with Crippen molar-refractivity contribution in [2.75, 3.05) is 26.7 Å². The Morgan fingerprint density at radius 3 is 2.69 bits per heavy atom. The molecule has 2 N–H and O–H groups in total. The van der Waals surface area contributed by atoms with Crippen LogP contribution in [0, 0.1) is 5.92 Å². The molecule has 2 atom stereocenters. The molecule has 16 heavy (non-hydrogen) atoms. The van der Waals surface area contributed by atoms with Crippen molar-refractivity contribution in [2.45, 2.75) is 51.7 Å². The van der Waals surface area contributed by atoms with Crippen LogP contribution in [0.2, 0.25) is 0 Å². The van der Waals surface area contributed by atoms with E-state index in [4.69, 9.17) is 10.5 Å². The van der Waals surface area contributed by atoms with Gasteiger partial charge in [-0.15, -0.1) is 0 Å². The van der Waals surface area contributed by atoms with Gasteiger partial charge < -0.3 is 10.5 Å². The van der Waals surface area contributed by atoms with E-state index in [-0.39, 0.29) is 5.54 Å². The Morgan fingerprint density at radius 2 is 2.19 bits per heavy atom. The highest BCUT2D eigenvalue weighted by Gasteiger charge is 2.34. The lowest BCUT2D eigenvalue weighted by atomic mass is 9.87. The first kappa shape index (κ1) is 13.9. The van der Waals surface area contributed by atoms with Gasteiger partial charge >= 0.3 is 0 Å². The van der Waals surface area contributed by atoms with E-state index in [1.54, 1.807) is 0 Å². The summed E-state index contributed by atoms with van der Waals surface area (Å²) >= 11 is 0. The molecule has 0 aromatic rings. The number of hydrogen-bond donors (Lipinski definition) is 1. The first-order valence-electron chi connectivity index (χ1n) is 6.49.